The van der Waals surface area contributed by atoms with Gasteiger partial charge in [-0.15, -0.1) is 11.3 Å². The van der Waals surface area contributed by atoms with Crippen LogP contribution in [-0.2, 0) is 30.3 Å². The van der Waals surface area contributed by atoms with Crippen molar-refractivity contribution in [1.82, 2.24) is 14.8 Å². The summed E-state index contributed by atoms with van der Waals surface area (Å²) in [6, 6.07) is 23.3. The molecule has 1 atom stereocenters. The average Bonchev–Trinajstić information content (AvgIpc) is 3.81. The second-order valence-corrected chi connectivity index (χ2v) is 13.7. The summed E-state index contributed by atoms with van der Waals surface area (Å²) >= 11 is 1.35. The molecule has 11 nitrogen and oxygen atoms in total. The molecule has 3 aromatic carbocycles. The molecule has 12 heteroatoms. The molecule has 1 fully saturated rings. The number of amides is 2. The van der Waals surface area contributed by atoms with Crippen LogP contribution in [0.2, 0.25) is 0 Å². The number of piperazine rings is 1. The van der Waals surface area contributed by atoms with E-state index in [1.54, 1.807) is 11.1 Å². The maximum atomic E-state index is 13.9. The first kappa shape index (κ1) is 37.6. The van der Waals surface area contributed by atoms with Crippen molar-refractivity contribution >= 4 is 34.0 Å². The third kappa shape index (κ3) is 10.2. The van der Waals surface area contributed by atoms with Crippen LogP contribution in [0.1, 0.15) is 40.9 Å². The van der Waals surface area contributed by atoms with E-state index in [2.05, 4.69) is 57.4 Å². The zero-order chi connectivity index (χ0) is 36.0. The fraction of sp³-hybridized carbons (Fsp3) is 0.425. The van der Waals surface area contributed by atoms with Crippen molar-refractivity contribution in [3.8, 4) is 11.1 Å². The summed E-state index contributed by atoms with van der Waals surface area (Å²) in [5.41, 5.74) is 5.50. The SMILES string of the molecule is CCCOCCOCCOCCOCCN1CCN(c2ccc(-c3ccc4c(c3)C(=O)N(C(C(=O)Nc3nccs3)c3ccccc3)C4)cc2)CC1. The molecule has 2 aliphatic heterocycles. The van der Waals surface area contributed by atoms with Gasteiger partial charge in [0.25, 0.3) is 11.8 Å². The topological polar surface area (TPSA) is 106 Å². The largest absolute Gasteiger partial charge is 0.379 e. The van der Waals surface area contributed by atoms with Gasteiger partial charge in [0, 0.05) is 68.7 Å². The van der Waals surface area contributed by atoms with Crippen molar-refractivity contribution in [1.29, 1.82) is 0 Å². The molecule has 3 heterocycles. The zero-order valence-electron chi connectivity index (χ0n) is 29.9. The molecule has 4 aromatic rings. The zero-order valence-corrected chi connectivity index (χ0v) is 30.7. The molecule has 0 aliphatic carbocycles. The smallest absolute Gasteiger partial charge is 0.255 e. The molecule has 276 valence electrons. The van der Waals surface area contributed by atoms with Crippen LogP contribution >= 0.6 is 11.3 Å². The minimum atomic E-state index is -0.780. The Bertz CT molecular complexity index is 1680. The lowest BCUT2D eigenvalue weighted by Crippen LogP contribution is -2.47. The maximum absolute atomic E-state index is 13.9. The first-order chi connectivity index (χ1) is 25.6. The quantitative estimate of drug-likeness (QED) is 0.114. The Labute approximate surface area is 310 Å². The number of carbonyl (C=O) groups excluding carboxylic acids is 2. The van der Waals surface area contributed by atoms with Gasteiger partial charge in [0.05, 0.1) is 46.2 Å². The lowest BCUT2D eigenvalue weighted by Gasteiger charge is -2.36. The Morgan fingerprint density at radius 1 is 0.808 bits per heavy atom. The number of benzene rings is 3. The number of anilines is 2. The number of ether oxygens (including phenoxy) is 4. The van der Waals surface area contributed by atoms with E-state index in [9.17, 15) is 9.59 Å². The van der Waals surface area contributed by atoms with E-state index in [-0.39, 0.29) is 11.8 Å². The fourth-order valence-corrected chi connectivity index (χ4v) is 7.00. The lowest BCUT2D eigenvalue weighted by atomic mass is 10.00. The third-order valence-corrected chi connectivity index (χ3v) is 9.92. The van der Waals surface area contributed by atoms with Crippen LogP contribution in [0.5, 0.6) is 0 Å². The number of nitrogens with zero attached hydrogens (tertiary/aromatic N) is 4. The van der Waals surface area contributed by atoms with E-state index in [1.807, 2.05) is 47.8 Å². The van der Waals surface area contributed by atoms with Crippen LogP contribution in [0.4, 0.5) is 10.8 Å². The van der Waals surface area contributed by atoms with Gasteiger partial charge in [-0.05, 0) is 46.9 Å². The van der Waals surface area contributed by atoms with Gasteiger partial charge in [-0.3, -0.25) is 19.8 Å². The summed E-state index contributed by atoms with van der Waals surface area (Å²) in [4.78, 5) is 38.1. The summed E-state index contributed by atoms with van der Waals surface area (Å²) in [5, 5.41) is 5.21. The molecular formula is C40H49N5O6S. The van der Waals surface area contributed by atoms with E-state index in [4.69, 9.17) is 18.9 Å². The number of fused-ring (bicyclic) bond motifs is 1. The van der Waals surface area contributed by atoms with Crippen molar-refractivity contribution in [3.05, 3.63) is 101 Å². The predicted octanol–water partition coefficient (Wildman–Crippen LogP) is 5.74. The first-order valence-electron chi connectivity index (χ1n) is 18.2. The van der Waals surface area contributed by atoms with Gasteiger partial charge >= 0.3 is 0 Å². The number of carbonyl (C=O) groups is 2. The minimum absolute atomic E-state index is 0.154. The van der Waals surface area contributed by atoms with Crippen LogP contribution in [-0.4, -0.2) is 112 Å². The van der Waals surface area contributed by atoms with Gasteiger partial charge in [0.2, 0.25) is 0 Å². The van der Waals surface area contributed by atoms with E-state index in [0.717, 1.165) is 68.0 Å². The Kier molecular flexibility index (Phi) is 14.2. The first-order valence-corrected chi connectivity index (χ1v) is 19.1. The summed E-state index contributed by atoms with van der Waals surface area (Å²) in [6.45, 7) is 12.2. The molecule has 1 saturated heterocycles. The van der Waals surface area contributed by atoms with Crippen molar-refractivity contribution < 1.29 is 28.5 Å². The lowest BCUT2D eigenvalue weighted by molar-refractivity contribution is -0.120. The van der Waals surface area contributed by atoms with Gasteiger partial charge in [0.15, 0.2) is 5.13 Å². The van der Waals surface area contributed by atoms with Gasteiger partial charge in [-0.25, -0.2) is 4.98 Å². The number of hydrogen-bond donors (Lipinski definition) is 1. The van der Waals surface area contributed by atoms with Crippen LogP contribution in [0, 0.1) is 0 Å². The monoisotopic (exact) mass is 727 g/mol. The summed E-state index contributed by atoms with van der Waals surface area (Å²) in [7, 11) is 0. The molecule has 0 spiro atoms. The fourth-order valence-electron chi connectivity index (χ4n) is 6.47. The van der Waals surface area contributed by atoms with Crippen molar-refractivity contribution in [2.45, 2.75) is 25.9 Å². The van der Waals surface area contributed by atoms with Gasteiger partial charge in [-0.2, -0.15) is 0 Å². The van der Waals surface area contributed by atoms with E-state index in [0.29, 0.717) is 63.5 Å². The summed E-state index contributed by atoms with van der Waals surface area (Å²) < 4.78 is 22.2. The van der Waals surface area contributed by atoms with E-state index >= 15 is 0 Å². The standard InChI is InChI=1S/C40H49N5O6S/c1-2-20-48-22-24-50-26-27-51-25-23-49-21-19-43-15-17-44(18-16-43)35-12-10-31(11-13-35)33-8-9-34-30-45(39(47)36(34)29-33)37(32-6-4-3-5-7-32)38(46)42-40-41-14-28-52-40/h3-14,28-29,37H,2,15-27,30H2,1H3,(H,41,42,46). The third-order valence-electron chi connectivity index (χ3n) is 9.23. The molecule has 1 unspecified atom stereocenters. The molecule has 1 N–H and O–H groups in total. The van der Waals surface area contributed by atoms with Crippen molar-refractivity contribution in [2.24, 2.45) is 0 Å². The van der Waals surface area contributed by atoms with Crippen molar-refractivity contribution in [3.63, 3.8) is 0 Å². The highest BCUT2D eigenvalue weighted by Gasteiger charge is 2.38. The molecule has 2 amide bonds. The molecule has 0 radical (unpaired) electrons. The van der Waals surface area contributed by atoms with E-state index in [1.165, 1.54) is 17.0 Å². The minimum Gasteiger partial charge on any atom is -0.379 e. The van der Waals surface area contributed by atoms with Gasteiger partial charge < -0.3 is 28.7 Å². The van der Waals surface area contributed by atoms with Crippen LogP contribution in [0.15, 0.2) is 84.4 Å². The number of aromatic nitrogens is 1. The molecule has 52 heavy (non-hydrogen) atoms. The highest BCUT2D eigenvalue weighted by molar-refractivity contribution is 7.13. The van der Waals surface area contributed by atoms with Crippen LogP contribution in [0.3, 0.4) is 0 Å². The highest BCUT2D eigenvalue weighted by Crippen LogP contribution is 2.35. The van der Waals surface area contributed by atoms with Gasteiger partial charge in [0.1, 0.15) is 6.04 Å². The molecule has 6 rings (SSSR count). The van der Waals surface area contributed by atoms with E-state index < -0.39 is 6.04 Å². The molecule has 1 aromatic heterocycles. The van der Waals surface area contributed by atoms with Crippen LogP contribution in [0.25, 0.3) is 11.1 Å². The second-order valence-electron chi connectivity index (χ2n) is 12.8. The summed E-state index contributed by atoms with van der Waals surface area (Å²) in [5.74, 6) is -0.436. The molecule has 0 saturated carbocycles. The normalized spacial score (nSPS) is 15.2. The Morgan fingerprint density at radius 2 is 1.46 bits per heavy atom. The number of thiazole rings is 1. The Balaban J connectivity index is 0.945. The molecule has 0 bridgehead atoms. The number of nitrogens with one attached hydrogen (secondary N) is 1. The highest BCUT2D eigenvalue weighted by atomic mass is 32.1. The Hall–Kier alpha value is -4.17. The number of rotatable bonds is 20. The predicted molar refractivity (Wildman–Crippen MR) is 204 cm³/mol. The Morgan fingerprint density at radius 3 is 2.12 bits per heavy atom. The van der Waals surface area contributed by atoms with Crippen LogP contribution < -0.4 is 10.2 Å². The molecular weight excluding hydrogens is 679 g/mol. The van der Waals surface area contributed by atoms with Gasteiger partial charge in [-0.1, -0.05) is 61.5 Å². The average molecular weight is 728 g/mol. The number of hydrogen-bond acceptors (Lipinski definition) is 10. The maximum Gasteiger partial charge on any atom is 0.255 e. The van der Waals surface area contributed by atoms with Crippen molar-refractivity contribution in [2.75, 3.05) is 95.8 Å². The summed E-state index contributed by atoms with van der Waals surface area (Å²) in [6.07, 6.45) is 2.67. The second kappa shape index (κ2) is 19.6. The molecule has 2 aliphatic rings.